The quantitative estimate of drug-likeness (QED) is 0.147. The van der Waals surface area contributed by atoms with Gasteiger partial charge >= 0.3 is 24.1 Å². The van der Waals surface area contributed by atoms with E-state index in [1.807, 2.05) is 41.5 Å². The lowest BCUT2D eigenvalue weighted by atomic mass is 10.0. The van der Waals surface area contributed by atoms with Crippen LogP contribution in [0.25, 0.3) is 0 Å². The van der Waals surface area contributed by atoms with Gasteiger partial charge in [0.1, 0.15) is 17.3 Å². The number of fused-ring (bicyclic) bond motifs is 2. The van der Waals surface area contributed by atoms with Crippen molar-refractivity contribution in [3.05, 3.63) is 79.9 Å². The number of carboxylic acid groups (broad SMARTS) is 1. The molecule has 2 aliphatic carbocycles. The number of likely N-dealkylation sites (tertiary alicyclic amines) is 2. The van der Waals surface area contributed by atoms with E-state index in [0.717, 1.165) is 38.1 Å². The van der Waals surface area contributed by atoms with Crippen molar-refractivity contribution in [2.24, 2.45) is 23.7 Å². The molecule has 4 aliphatic rings. The molecule has 2 saturated heterocycles. The average molecular weight is 771 g/mol. The number of carboxylic acids is 1. The predicted octanol–water partition coefficient (Wildman–Crippen LogP) is 6.31. The molecule has 2 amide bonds. The molecule has 2 aliphatic heterocycles. The van der Waals surface area contributed by atoms with Gasteiger partial charge in [-0.2, -0.15) is 0 Å². The number of aliphatic hydroxyl groups is 1. The average Bonchev–Trinajstić information content (AvgIpc) is 3.84. The van der Waals surface area contributed by atoms with Gasteiger partial charge < -0.3 is 34.2 Å². The molecule has 6 rings (SSSR count). The second kappa shape index (κ2) is 17.4. The Labute approximate surface area is 318 Å². The first-order chi connectivity index (χ1) is 25.6. The zero-order valence-electron chi connectivity index (χ0n) is 31.9. The summed E-state index contributed by atoms with van der Waals surface area (Å²) in [6, 6.07) is 10.1. The van der Waals surface area contributed by atoms with Gasteiger partial charge in [-0.1, -0.05) is 0 Å². The molecule has 0 aromatic heterocycles. The van der Waals surface area contributed by atoms with E-state index in [2.05, 4.69) is 0 Å². The van der Waals surface area contributed by atoms with Crippen molar-refractivity contribution in [3.63, 3.8) is 0 Å². The van der Waals surface area contributed by atoms with Crippen molar-refractivity contribution < 1.29 is 53.4 Å². The van der Waals surface area contributed by atoms with E-state index in [1.54, 1.807) is 9.80 Å². The molecule has 2 unspecified atom stereocenters. The highest BCUT2D eigenvalue weighted by molar-refractivity contribution is 5.89. The van der Waals surface area contributed by atoms with Gasteiger partial charge in [0.05, 0.1) is 27.1 Å². The smallest absolute Gasteiger partial charge is 0.410 e. The van der Waals surface area contributed by atoms with Crippen LogP contribution in [-0.2, 0) is 14.2 Å². The van der Waals surface area contributed by atoms with Crippen LogP contribution in [0.2, 0.25) is 0 Å². The number of ether oxygens (including phenoxy) is 3. The summed E-state index contributed by atoms with van der Waals surface area (Å²) in [5, 5.41) is 38.8. The topological polar surface area (TPSA) is 229 Å². The Kier molecular flexibility index (Phi) is 13.4. The van der Waals surface area contributed by atoms with E-state index in [4.69, 9.17) is 19.3 Å². The van der Waals surface area contributed by atoms with E-state index >= 15 is 0 Å². The summed E-state index contributed by atoms with van der Waals surface area (Å²) in [5.41, 5.74) is -0.774. The van der Waals surface area contributed by atoms with E-state index in [0.29, 0.717) is 55.2 Å². The lowest BCUT2D eigenvalue weighted by Crippen LogP contribution is -2.36. The molecule has 2 heterocycles. The van der Waals surface area contributed by atoms with Gasteiger partial charge in [-0.15, -0.1) is 0 Å². The fourth-order valence-corrected chi connectivity index (χ4v) is 7.22. The van der Waals surface area contributed by atoms with Crippen molar-refractivity contribution in [1.82, 2.24) is 9.80 Å². The Morgan fingerprint density at radius 2 is 0.982 bits per heavy atom. The van der Waals surface area contributed by atoms with Gasteiger partial charge in [0.2, 0.25) is 0 Å². The molecule has 2 aromatic rings. The van der Waals surface area contributed by atoms with E-state index in [1.165, 1.54) is 36.4 Å². The molecule has 6 atom stereocenters. The van der Waals surface area contributed by atoms with Crippen LogP contribution in [0.3, 0.4) is 0 Å². The van der Waals surface area contributed by atoms with Gasteiger partial charge in [-0.25, -0.2) is 19.2 Å². The normalized spacial score (nSPS) is 23.9. The number of aromatic carboxylic acids is 1. The van der Waals surface area contributed by atoms with Gasteiger partial charge in [-0.3, -0.25) is 20.2 Å². The van der Waals surface area contributed by atoms with Crippen LogP contribution in [0.15, 0.2) is 48.5 Å². The zero-order chi connectivity index (χ0) is 40.8. The maximum Gasteiger partial charge on any atom is 0.410 e. The van der Waals surface area contributed by atoms with E-state index in [9.17, 15) is 44.5 Å². The van der Waals surface area contributed by atoms with Crippen molar-refractivity contribution in [3.8, 4) is 0 Å². The fourth-order valence-electron chi connectivity index (χ4n) is 7.22. The lowest BCUT2D eigenvalue weighted by molar-refractivity contribution is -0.385. The number of benzene rings is 2. The van der Waals surface area contributed by atoms with Crippen LogP contribution in [-0.4, -0.2) is 104 Å². The highest BCUT2D eigenvalue weighted by Gasteiger charge is 2.45. The molecule has 0 radical (unpaired) electrons. The van der Waals surface area contributed by atoms with E-state index < -0.39 is 33.0 Å². The number of carbonyl (C=O) groups is 4. The Balaban J connectivity index is 0.000000203. The van der Waals surface area contributed by atoms with E-state index in [-0.39, 0.29) is 41.3 Å². The first-order valence-electron chi connectivity index (χ1n) is 18.2. The number of hydrogen-bond donors (Lipinski definition) is 2. The number of nitro benzene ring substituents is 2. The number of non-ortho nitro benzene ring substituents is 2. The second-order valence-electron chi connectivity index (χ2n) is 16.3. The molecule has 300 valence electrons. The number of amides is 2. The summed E-state index contributed by atoms with van der Waals surface area (Å²) in [4.78, 5) is 69.8. The molecule has 2 N–H and O–H groups in total. The van der Waals surface area contributed by atoms with Crippen LogP contribution >= 0.6 is 0 Å². The monoisotopic (exact) mass is 770 g/mol. The zero-order valence-corrected chi connectivity index (χ0v) is 31.9. The molecular formula is C38H50N4O13. The second-order valence-corrected chi connectivity index (χ2v) is 16.3. The van der Waals surface area contributed by atoms with Gasteiger partial charge in [0, 0.05) is 50.4 Å². The SMILES string of the molecule is CC(C)(C)OC(=O)N1C[C@H]2CC(O)C[C@H]2C1.CC(C)(C)OC(=O)N1C[C@H]2CC(OC(=O)c3ccc([N+](=O)[O-])cc3)C[C@H]2C1.O=C(O)c1ccc([N+](=O)[O-])cc1. The number of hydrogen-bond acceptors (Lipinski definition) is 12. The molecule has 17 heteroatoms. The Hall–Kier alpha value is -5.32. The molecule has 0 spiro atoms. The third kappa shape index (κ3) is 12.3. The van der Waals surface area contributed by atoms with Crippen LogP contribution < -0.4 is 0 Å². The molecule has 2 aromatic carbocycles. The highest BCUT2D eigenvalue weighted by atomic mass is 16.6. The van der Waals surface area contributed by atoms with Crippen molar-refractivity contribution >= 4 is 35.5 Å². The summed E-state index contributed by atoms with van der Waals surface area (Å²) < 4.78 is 16.3. The minimum Gasteiger partial charge on any atom is -0.478 e. The van der Waals surface area contributed by atoms with Crippen molar-refractivity contribution in [2.75, 3.05) is 26.2 Å². The summed E-state index contributed by atoms with van der Waals surface area (Å²) in [6.45, 7) is 13.9. The van der Waals surface area contributed by atoms with Gasteiger partial charge in [0.15, 0.2) is 0 Å². The minimum absolute atomic E-state index is 0.0422. The molecule has 2 saturated carbocycles. The Bertz CT molecular complexity index is 1660. The fraction of sp³-hybridized carbons (Fsp3) is 0.579. The standard InChI is InChI=1S/C19H24N2O6.C12H21NO3.C7H5NO4/c1-19(2,3)27-18(23)20-10-13-8-16(9-14(13)11-20)26-17(22)12-4-6-15(7-5-12)21(24)25;1-12(2,3)16-11(15)13-6-8-4-10(14)5-9(8)7-13;9-7(10)5-1-3-6(4-2-5)8(11)12/h4-7,13-14,16H,8-11H2,1-3H3;8-10,14H,4-7H2,1-3H3;1-4H,(H,9,10)/t13-,14+,16?;8-,9+,10?;. The van der Waals surface area contributed by atoms with Gasteiger partial charge in [-0.05, 0) is 115 Å². The maximum atomic E-state index is 12.3. The highest BCUT2D eigenvalue weighted by Crippen LogP contribution is 2.40. The molecule has 4 fully saturated rings. The number of aliphatic hydroxyl groups excluding tert-OH is 1. The number of nitro groups is 2. The number of nitrogens with zero attached hydrogens (tertiary/aromatic N) is 4. The minimum atomic E-state index is -1.09. The van der Waals surface area contributed by atoms with Crippen molar-refractivity contribution in [2.45, 2.75) is 90.6 Å². The van der Waals surface area contributed by atoms with Crippen LogP contribution in [0, 0.1) is 43.9 Å². The lowest BCUT2D eigenvalue weighted by Gasteiger charge is -2.25. The van der Waals surface area contributed by atoms with Crippen LogP contribution in [0.4, 0.5) is 21.0 Å². The first kappa shape index (κ1) is 42.4. The summed E-state index contributed by atoms with van der Waals surface area (Å²) in [5.74, 6) is -0.0202. The first-order valence-corrected chi connectivity index (χ1v) is 18.2. The van der Waals surface area contributed by atoms with Crippen LogP contribution in [0.5, 0.6) is 0 Å². The third-order valence-corrected chi connectivity index (χ3v) is 9.65. The number of carbonyl (C=O) groups excluding carboxylic acids is 3. The summed E-state index contributed by atoms with van der Waals surface area (Å²) in [7, 11) is 0. The van der Waals surface area contributed by atoms with Crippen LogP contribution in [0.1, 0.15) is 87.9 Å². The largest absolute Gasteiger partial charge is 0.478 e. The molecule has 17 nitrogen and oxygen atoms in total. The number of esters is 1. The molecular weight excluding hydrogens is 720 g/mol. The summed E-state index contributed by atoms with van der Waals surface area (Å²) in [6.07, 6.45) is 2.24. The van der Waals surface area contributed by atoms with Gasteiger partial charge in [0.25, 0.3) is 11.4 Å². The Morgan fingerprint density at radius 1 is 0.636 bits per heavy atom. The predicted molar refractivity (Wildman–Crippen MR) is 196 cm³/mol. The Morgan fingerprint density at radius 3 is 1.31 bits per heavy atom. The summed E-state index contributed by atoms with van der Waals surface area (Å²) >= 11 is 0. The number of rotatable bonds is 5. The molecule has 0 bridgehead atoms. The third-order valence-electron chi connectivity index (χ3n) is 9.65. The van der Waals surface area contributed by atoms with Crippen molar-refractivity contribution in [1.29, 1.82) is 0 Å². The molecule has 55 heavy (non-hydrogen) atoms. The maximum absolute atomic E-state index is 12.3.